The fourth-order valence-electron chi connectivity index (χ4n) is 3.77. The standard InChI is InChI=1S/C20H30F2N4O.HI/c1-2-23-20(24-8-6-17-4-3-5-18(21)19(17)22)26-9-7-16(15-26)14-25-10-12-27-13-11-25;/h3-5,16H,2,6-15H2,1H3,(H,23,24);1H. The van der Waals surface area contributed by atoms with Crippen molar-refractivity contribution in [3.8, 4) is 0 Å². The largest absolute Gasteiger partial charge is 0.379 e. The first-order chi connectivity index (χ1) is 13.2. The van der Waals surface area contributed by atoms with Crippen LogP contribution in [-0.2, 0) is 11.2 Å². The van der Waals surface area contributed by atoms with E-state index in [1.165, 1.54) is 0 Å². The third kappa shape index (κ3) is 6.52. The van der Waals surface area contributed by atoms with E-state index in [2.05, 4.69) is 20.1 Å². The van der Waals surface area contributed by atoms with Crippen LogP contribution in [-0.4, -0.2) is 74.8 Å². The number of rotatable bonds is 6. The molecule has 1 aromatic carbocycles. The first kappa shape index (κ1) is 23.3. The highest BCUT2D eigenvalue weighted by atomic mass is 127. The summed E-state index contributed by atoms with van der Waals surface area (Å²) >= 11 is 0. The van der Waals surface area contributed by atoms with Gasteiger partial charge in [-0.05, 0) is 37.3 Å². The Kier molecular flexibility index (Phi) is 9.87. The topological polar surface area (TPSA) is 40.1 Å². The zero-order chi connectivity index (χ0) is 19.1. The lowest BCUT2D eigenvalue weighted by molar-refractivity contribution is 0.0315. The van der Waals surface area contributed by atoms with Crippen molar-refractivity contribution in [2.45, 2.75) is 19.8 Å². The zero-order valence-electron chi connectivity index (χ0n) is 16.5. The van der Waals surface area contributed by atoms with Crippen molar-refractivity contribution >= 4 is 29.9 Å². The van der Waals surface area contributed by atoms with Crippen LogP contribution in [0, 0.1) is 17.6 Å². The van der Waals surface area contributed by atoms with Crippen LogP contribution in [0.15, 0.2) is 23.2 Å². The molecule has 0 radical (unpaired) electrons. The summed E-state index contributed by atoms with van der Waals surface area (Å²) in [4.78, 5) is 9.42. The Labute approximate surface area is 183 Å². The molecule has 1 N–H and O–H groups in total. The number of benzene rings is 1. The average Bonchev–Trinajstić information content (AvgIpc) is 3.13. The molecular formula is C20H31F2IN4O. The second kappa shape index (κ2) is 11.9. The van der Waals surface area contributed by atoms with E-state index >= 15 is 0 Å². The quantitative estimate of drug-likeness (QED) is 0.365. The molecule has 3 rings (SSSR count). The molecule has 2 fully saturated rings. The molecule has 0 saturated carbocycles. The van der Waals surface area contributed by atoms with Crippen molar-refractivity contribution < 1.29 is 13.5 Å². The van der Waals surface area contributed by atoms with E-state index in [1.54, 1.807) is 12.1 Å². The summed E-state index contributed by atoms with van der Waals surface area (Å²) in [5.74, 6) is -0.0512. The fraction of sp³-hybridized carbons (Fsp3) is 0.650. The molecule has 0 amide bonds. The van der Waals surface area contributed by atoms with Gasteiger partial charge in [0.05, 0.1) is 13.2 Å². The van der Waals surface area contributed by atoms with Gasteiger partial charge in [-0.1, -0.05) is 12.1 Å². The van der Waals surface area contributed by atoms with E-state index in [0.717, 1.165) is 70.9 Å². The number of ether oxygens (including phenoxy) is 1. The summed E-state index contributed by atoms with van der Waals surface area (Å²) in [5.41, 5.74) is 0.376. The minimum Gasteiger partial charge on any atom is -0.379 e. The van der Waals surface area contributed by atoms with E-state index < -0.39 is 11.6 Å². The molecule has 5 nitrogen and oxygen atoms in total. The van der Waals surface area contributed by atoms with E-state index in [9.17, 15) is 8.78 Å². The fourth-order valence-corrected chi connectivity index (χ4v) is 3.77. The van der Waals surface area contributed by atoms with Gasteiger partial charge in [-0.3, -0.25) is 9.89 Å². The molecule has 2 aliphatic rings. The maximum atomic E-state index is 13.8. The molecule has 28 heavy (non-hydrogen) atoms. The number of nitrogens with zero attached hydrogens (tertiary/aromatic N) is 3. The van der Waals surface area contributed by atoms with Crippen molar-refractivity contribution in [1.82, 2.24) is 15.1 Å². The molecule has 1 aromatic rings. The van der Waals surface area contributed by atoms with Gasteiger partial charge in [-0.25, -0.2) is 8.78 Å². The number of halogens is 3. The van der Waals surface area contributed by atoms with E-state index in [-0.39, 0.29) is 24.0 Å². The number of hydrogen-bond donors (Lipinski definition) is 1. The average molecular weight is 508 g/mol. The number of aliphatic imine (C=N–C) groups is 1. The molecular weight excluding hydrogens is 477 g/mol. The minimum absolute atomic E-state index is 0. The summed E-state index contributed by atoms with van der Waals surface area (Å²) in [6.07, 6.45) is 1.55. The second-order valence-electron chi connectivity index (χ2n) is 7.21. The van der Waals surface area contributed by atoms with Gasteiger partial charge < -0.3 is 15.0 Å². The van der Waals surface area contributed by atoms with Crippen LogP contribution in [0.3, 0.4) is 0 Å². The Morgan fingerprint density at radius 2 is 2.04 bits per heavy atom. The maximum Gasteiger partial charge on any atom is 0.193 e. The SMILES string of the molecule is CCNC(=NCCc1cccc(F)c1F)N1CCC(CN2CCOCC2)C1.I. The molecule has 0 spiro atoms. The summed E-state index contributed by atoms with van der Waals surface area (Å²) in [6, 6.07) is 4.31. The van der Waals surface area contributed by atoms with Crippen molar-refractivity contribution in [1.29, 1.82) is 0 Å². The van der Waals surface area contributed by atoms with Crippen LogP contribution < -0.4 is 5.32 Å². The lowest BCUT2D eigenvalue weighted by Gasteiger charge is -2.29. The molecule has 158 valence electrons. The molecule has 0 aliphatic carbocycles. The third-order valence-electron chi connectivity index (χ3n) is 5.21. The Morgan fingerprint density at radius 3 is 2.79 bits per heavy atom. The highest BCUT2D eigenvalue weighted by Gasteiger charge is 2.27. The van der Waals surface area contributed by atoms with Gasteiger partial charge in [0.1, 0.15) is 0 Å². The molecule has 2 heterocycles. The number of likely N-dealkylation sites (tertiary alicyclic amines) is 1. The monoisotopic (exact) mass is 508 g/mol. The predicted octanol–water partition coefficient (Wildman–Crippen LogP) is 2.74. The van der Waals surface area contributed by atoms with Gasteiger partial charge in [0.2, 0.25) is 0 Å². The molecule has 2 aliphatic heterocycles. The van der Waals surface area contributed by atoms with Crippen molar-refractivity contribution in [3.63, 3.8) is 0 Å². The number of hydrogen-bond acceptors (Lipinski definition) is 3. The van der Waals surface area contributed by atoms with Crippen LogP contribution in [0.2, 0.25) is 0 Å². The lowest BCUT2D eigenvalue weighted by Crippen LogP contribution is -2.42. The van der Waals surface area contributed by atoms with E-state index in [4.69, 9.17) is 4.74 Å². The number of nitrogens with one attached hydrogen (secondary N) is 1. The molecule has 8 heteroatoms. The Hall–Kier alpha value is -1.00. The minimum atomic E-state index is -0.797. The normalized spacial score (nSPS) is 20.9. The Morgan fingerprint density at radius 1 is 1.25 bits per heavy atom. The first-order valence-corrected chi connectivity index (χ1v) is 9.93. The van der Waals surface area contributed by atoms with Gasteiger partial charge >= 0.3 is 0 Å². The van der Waals surface area contributed by atoms with Crippen molar-refractivity contribution in [2.24, 2.45) is 10.9 Å². The zero-order valence-corrected chi connectivity index (χ0v) is 18.8. The molecule has 1 unspecified atom stereocenters. The van der Waals surface area contributed by atoms with Crippen molar-refractivity contribution in [2.75, 3.05) is 59.0 Å². The summed E-state index contributed by atoms with van der Waals surface area (Å²) in [6.45, 7) is 10.0. The van der Waals surface area contributed by atoms with Gasteiger partial charge in [0.25, 0.3) is 0 Å². The Bertz CT molecular complexity index is 641. The van der Waals surface area contributed by atoms with E-state index in [1.807, 2.05) is 6.92 Å². The number of morpholine rings is 1. The molecule has 2 saturated heterocycles. The summed E-state index contributed by atoms with van der Waals surface area (Å²) < 4.78 is 32.5. The van der Waals surface area contributed by atoms with Crippen LogP contribution in [0.25, 0.3) is 0 Å². The van der Waals surface area contributed by atoms with Crippen LogP contribution in [0.1, 0.15) is 18.9 Å². The van der Waals surface area contributed by atoms with Crippen LogP contribution in [0.4, 0.5) is 8.78 Å². The highest BCUT2D eigenvalue weighted by molar-refractivity contribution is 14.0. The highest BCUT2D eigenvalue weighted by Crippen LogP contribution is 2.18. The van der Waals surface area contributed by atoms with Gasteiger partial charge in [0.15, 0.2) is 17.6 Å². The second-order valence-corrected chi connectivity index (χ2v) is 7.21. The maximum absolute atomic E-state index is 13.8. The van der Waals surface area contributed by atoms with Gasteiger partial charge in [0, 0.05) is 45.8 Å². The van der Waals surface area contributed by atoms with Gasteiger partial charge in [-0.15, -0.1) is 24.0 Å². The molecule has 0 aromatic heterocycles. The summed E-state index contributed by atoms with van der Waals surface area (Å²) in [7, 11) is 0. The van der Waals surface area contributed by atoms with Crippen LogP contribution in [0.5, 0.6) is 0 Å². The smallest absolute Gasteiger partial charge is 0.193 e. The van der Waals surface area contributed by atoms with Crippen LogP contribution >= 0.6 is 24.0 Å². The summed E-state index contributed by atoms with van der Waals surface area (Å²) in [5, 5.41) is 3.34. The number of guanidine groups is 1. The van der Waals surface area contributed by atoms with E-state index in [0.29, 0.717) is 24.4 Å². The lowest BCUT2D eigenvalue weighted by atomic mass is 10.1. The molecule has 1 atom stereocenters. The Balaban J connectivity index is 0.00000280. The first-order valence-electron chi connectivity index (χ1n) is 9.93. The third-order valence-corrected chi connectivity index (χ3v) is 5.21. The van der Waals surface area contributed by atoms with Crippen molar-refractivity contribution in [3.05, 3.63) is 35.4 Å². The van der Waals surface area contributed by atoms with Gasteiger partial charge in [-0.2, -0.15) is 0 Å². The predicted molar refractivity (Wildman–Crippen MR) is 118 cm³/mol. The molecule has 0 bridgehead atoms.